The Morgan fingerprint density at radius 1 is 1.55 bits per heavy atom. The highest BCUT2D eigenvalue weighted by molar-refractivity contribution is 5.66. The van der Waals surface area contributed by atoms with Crippen LogP contribution in [0.4, 0.5) is 5.69 Å². The molecule has 0 bridgehead atoms. The Hall–Kier alpha value is -1.71. The number of nitrogens with zero attached hydrogens (tertiary/aromatic N) is 1. The van der Waals surface area contributed by atoms with Crippen LogP contribution < -0.4 is 5.73 Å². The topological polar surface area (TPSA) is 67.8 Å². The van der Waals surface area contributed by atoms with Gasteiger partial charge in [0.15, 0.2) is 0 Å². The zero-order valence-corrected chi connectivity index (χ0v) is 5.74. The largest absolute Gasteiger partial charge is 0.443 e. The third kappa shape index (κ3) is 0.881. The van der Waals surface area contributed by atoms with Crippen molar-refractivity contribution < 1.29 is 4.42 Å². The molecule has 2 heterocycles. The maximum atomic E-state index is 5.60. The summed E-state index contributed by atoms with van der Waals surface area (Å²) in [6.07, 6.45) is 4.83. The summed E-state index contributed by atoms with van der Waals surface area (Å²) in [5, 5.41) is 0. The second-order valence-electron chi connectivity index (χ2n) is 2.15. The molecule has 0 aliphatic heterocycles. The number of oxazole rings is 1. The van der Waals surface area contributed by atoms with Gasteiger partial charge in [-0.2, -0.15) is 0 Å². The molecular formula is C7H7N3O. The van der Waals surface area contributed by atoms with Gasteiger partial charge in [0.05, 0.1) is 11.9 Å². The Bertz CT molecular complexity index is 336. The van der Waals surface area contributed by atoms with Gasteiger partial charge >= 0.3 is 0 Å². The van der Waals surface area contributed by atoms with Crippen LogP contribution in [-0.4, -0.2) is 9.97 Å². The molecule has 2 aromatic rings. The molecule has 4 nitrogen and oxygen atoms in total. The Morgan fingerprint density at radius 3 is 3.00 bits per heavy atom. The standard InChI is InChI=1S/C7H7N3O/c8-5-1-2-9-6(5)7-10-3-4-11-7/h1-4,9H,8H2. The van der Waals surface area contributed by atoms with Crippen molar-refractivity contribution >= 4 is 5.69 Å². The Kier molecular flexibility index (Phi) is 1.18. The van der Waals surface area contributed by atoms with E-state index in [-0.39, 0.29) is 0 Å². The first kappa shape index (κ1) is 6.03. The summed E-state index contributed by atoms with van der Waals surface area (Å²) < 4.78 is 5.04. The second-order valence-corrected chi connectivity index (χ2v) is 2.15. The van der Waals surface area contributed by atoms with Gasteiger partial charge in [-0.3, -0.25) is 0 Å². The lowest BCUT2D eigenvalue weighted by Gasteiger charge is -1.90. The van der Waals surface area contributed by atoms with Crippen molar-refractivity contribution in [1.82, 2.24) is 9.97 Å². The van der Waals surface area contributed by atoms with Crippen molar-refractivity contribution in [2.75, 3.05) is 5.73 Å². The molecule has 56 valence electrons. The third-order valence-electron chi connectivity index (χ3n) is 1.43. The van der Waals surface area contributed by atoms with Crippen LogP contribution in [0.2, 0.25) is 0 Å². The minimum Gasteiger partial charge on any atom is -0.443 e. The van der Waals surface area contributed by atoms with Crippen molar-refractivity contribution in [2.45, 2.75) is 0 Å². The molecular weight excluding hydrogens is 142 g/mol. The minimum absolute atomic E-state index is 0.521. The van der Waals surface area contributed by atoms with Crippen LogP contribution in [0.15, 0.2) is 29.1 Å². The molecule has 0 saturated carbocycles. The lowest BCUT2D eigenvalue weighted by Crippen LogP contribution is -1.85. The van der Waals surface area contributed by atoms with E-state index in [2.05, 4.69) is 9.97 Å². The molecule has 0 atom stereocenters. The van der Waals surface area contributed by atoms with E-state index in [4.69, 9.17) is 10.2 Å². The number of aromatic amines is 1. The van der Waals surface area contributed by atoms with Gasteiger partial charge < -0.3 is 15.1 Å². The van der Waals surface area contributed by atoms with E-state index >= 15 is 0 Å². The van der Waals surface area contributed by atoms with Gasteiger partial charge in [0.2, 0.25) is 5.89 Å². The van der Waals surface area contributed by atoms with Crippen molar-refractivity contribution in [2.24, 2.45) is 0 Å². The van der Waals surface area contributed by atoms with Gasteiger partial charge in [0.1, 0.15) is 12.0 Å². The van der Waals surface area contributed by atoms with E-state index < -0.39 is 0 Å². The predicted octanol–water partition coefficient (Wildman–Crippen LogP) is 1.25. The highest BCUT2D eigenvalue weighted by atomic mass is 16.3. The van der Waals surface area contributed by atoms with E-state index in [9.17, 15) is 0 Å². The first-order valence-electron chi connectivity index (χ1n) is 3.20. The fourth-order valence-corrected chi connectivity index (χ4v) is 0.914. The number of nitrogens with two attached hydrogens (primary N) is 1. The van der Waals surface area contributed by atoms with Crippen LogP contribution in [0.1, 0.15) is 0 Å². The van der Waals surface area contributed by atoms with Gasteiger partial charge in [0, 0.05) is 6.20 Å². The molecule has 0 radical (unpaired) electrons. The van der Waals surface area contributed by atoms with Gasteiger partial charge in [0.25, 0.3) is 0 Å². The SMILES string of the molecule is Nc1cc[nH]c1-c1ncco1. The normalized spacial score (nSPS) is 10.2. The number of rotatable bonds is 1. The molecule has 0 aliphatic rings. The fraction of sp³-hybridized carbons (Fsp3) is 0. The van der Waals surface area contributed by atoms with Crippen LogP contribution in [0, 0.1) is 0 Å². The second kappa shape index (κ2) is 2.16. The first-order chi connectivity index (χ1) is 5.38. The van der Waals surface area contributed by atoms with Crippen LogP contribution >= 0.6 is 0 Å². The average Bonchev–Trinajstić information content (AvgIpc) is 2.55. The molecule has 0 fully saturated rings. The van der Waals surface area contributed by atoms with E-state index in [1.807, 2.05) is 0 Å². The smallest absolute Gasteiger partial charge is 0.244 e. The fourth-order valence-electron chi connectivity index (χ4n) is 0.914. The van der Waals surface area contributed by atoms with Crippen molar-refractivity contribution in [3.63, 3.8) is 0 Å². The third-order valence-corrected chi connectivity index (χ3v) is 1.43. The highest BCUT2D eigenvalue weighted by Crippen LogP contribution is 2.21. The molecule has 0 unspecified atom stereocenters. The number of nitrogens with one attached hydrogen (secondary N) is 1. The van der Waals surface area contributed by atoms with E-state index in [0.29, 0.717) is 11.6 Å². The zero-order chi connectivity index (χ0) is 7.68. The summed E-state index contributed by atoms with van der Waals surface area (Å²) in [4.78, 5) is 6.87. The number of aromatic nitrogens is 2. The van der Waals surface area contributed by atoms with Crippen LogP contribution in [0.3, 0.4) is 0 Å². The van der Waals surface area contributed by atoms with Gasteiger partial charge in [-0.25, -0.2) is 4.98 Å². The number of hydrogen-bond acceptors (Lipinski definition) is 3. The van der Waals surface area contributed by atoms with Gasteiger partial charge in [-0.1, -0.05) is 0 Å². The number of hydrogen-bond donors (Lipinski definition) is 2. The van der Waals surface area contributed by atoms with E-state index in [1.165, 1.54) is 6.26 Å². The van der Waals surface area contributed by atoms with Gasteiger partial charge in [-0.05, 0) is 6.07 Å². The van der Waals surface area contributed by atoms with Crippen molar-refractivity contribution in [1.29, 1.82) is 0 Å². The molecule has 4 heteroatoms. The summed E-state index contributed by atoms with van der Waals surface area (Å²) >= 11 is 0. The lowest BCUT2D eigenvalue weighted by molar-refractivity contribution is 0.573. The Balaban J connectivity index is 2.53. The van der Waals surface area contributed by atoms with Crippen LogP contribution in [0.25, 0.3) is 11.6 Å². The maximum absolute atomic E-state index is 5.60. The lowest BCUT2D eigenvalue weighted by atomic mass is 10.4. The van der Waals surface area contributed by atoms with Crippen LogP contribution in [-0.2, 0) is 0 Å². The highest BCUT2D eigenvalue weighted by Gasteiger charge is 2.06. The van der Waals surface area contributed by atoms with Crippen LogP contribution in [0.5, 0.6) is 0 Å². The molecule has 3 N–H and O–H groups in total. The molecule has 0 aliphatic carbocycles. The zero-order valence-electron chi connectivity index (χ0n) is 5.74. The monoisotopic (exact) mass is 149 g/mol. The molecule has 0 saturated heterocycles. The van der Waals surface area contributed by atoms with E-state index in [1.54, 1.807) is 18.5 Å². The average molecular weight is 149 g/mol. The van der Waals surface area contributed by atoms with E-state index in [0.717, 1.165) is 5.69 Å². The number of anilines is 1. The summed E-state index contributed by atoms with van der Waals surface area (Å²) in [6, 6.07) is 1.76. The Labute approximate surface area is 63.1 Å². The number of nitrogen functional groups attached to an aromatic ring is 1. The molecule has 0 aromatic carbocycles. The molecule has 0 spiro atoms. The quantitative estimate of drug-likeness (QED) is 0.641. The van der Waals surface area contributed by atoms with Crippen molar-refractivity contribution in [3.05, 3.63) is 24.7 Å². The minimum atomic E-state index is 0.521. The summed E-state index contributed by atoms with van der Waals surface area (Å²) in [6.45, 7) is 0. The summed E-state index contributed by atoms with van der Waals surface area (Å²) in [5.41, 5.74) is 6.98. The predicted molar refractivity (Wildman–Crippen MR) is 40.7 cm³/mol. The summed E-state index contributed by atoms with van der Waals surface area (Å²) in [7, 11) is 0. The first-order valence-corrected chi connectivity index (χ1v) is 3.20. The molecule has 0 amide bonds. The number of H-pyrrole nitrogens is 1. The summed E-state index contributed by atoms with van der Waals surface area (Å²) in [5.74, 6) is 0.521. The molecule has 11 heavy (non-hydrogen) atoms. The van der Waals surface area contributed by atoms with Gasteiger partial charge in [-0.15, -0.1) is 0 Å². The van der Waals surface area contributed by atoms with Crippen molar-refractivity contribution in [3.8, 4) is 11.6 Å². The Morgan fingerprint density at radius 2 is 2.45 bits per heavy atom. The maximum Gasteiger partial charge on any atom is 0.244 e. The molecule has 2 aromatic heterocycles. The molecule has 2 rings (SSSR count).